The van der Waals surface area contributed by atoms with Crippen molar-refractivity contribution >= 4 is 45.2 Å². The minimum Gasteiger partial charge on any atom is -0.507 e. The Kier molecular flexibility index (Phi) is 7.29. The number of benzene rings is 4. The van der Waals surface area contributed by atoms with Crippen LogP contribution in [0.1, 0.15) is 0 Å². The molecule has 0 aliphatic rings. The van der Waals surface area contributed by atoms with Crippen molar-refractivity contribution in [1.82, 2.24) is 0 Å². The standard InChI is InChI=1S/C12H9IO.C12H9I/c13-12-10(7-4-8-11(12)14)9-5-2-1-3-6-9;13-12-9-5-4-8-11(12)10-6-2-1-3-7-10/h1-8,14H;1-9H. The van der Waals surface area contributed by atoms with Crippen LogP contribution in [0.3, 0.4) is 0 Å². The molecule has 0 radical (unpaired) electrons. The van der Waals surface area contributed by atoms with Gasteiger partial charge < -0.3 is 5.11 Å². The van der Waals surface area contributed by atoms with Gasteiger partial charge in [0.25, 0.3) is 0 Å². The molecular weight excluding hydrogens is 558 g/mol. The number of rotatable bonds is 2. The van der Waals surface area contributed by atoms with Crippen molar-refractivity contribution < 1.29 is 5.11 Å². The Morgan fingerprint density at radius 2 is 0.963 bits per heavy atom. The second-order valence-corrected chi connectivity index (χ2v) is 8.09. The number of phenolic OH excluding ortho intramolecular Hbond substituents is 1. The molecule has 0 aromatic heterocycles. The molecule has 4 aromatic rings. The zero-order valence-corrected chi connectivity index (χ0v) is 18.8. The summed E-state index contributed by atoms with van der Waals surface area (Å²) < 4.78 is 2.20. The van der Waals surface area contributed by atoms with Gasteiger partial charge in [-0.2, -0.15) is 0 Å². The summed E-state index contributed by atoms with van der Waals surface area (Å²) in [5.41, 5.74) is 4.80. The molecule has 0 aliphatic heterocycles. The highest BCUT2D eigenvalue weighted by molar-refractivity contribution is 14.1. The van der Waals surface area contributed by atoms with Gasteiger partial charge in [-0.1, -0.05) is 91.0 Å². The molecule has 1 nitrogen and oxygen atoms in total. The lowest BCUT2D eigenvalue weighted by Gasteiger charge is -2.05. The van der Waals surface area contributed by atoms with E-state index in [1.165, 1.54) is 14.7 Å². The van der Waals surface area contributed by atoms with E-state index in [9.17, 15) is 5.11 Å². The van der Waals surface area contributed by atoms with Gasteiger partial charge in [0.1, 0.15) is 5.75 Å². The van der Waals surface area contributed by atoms with Crippen LogP contribution in [0, 0.1) is 7.14 Å². The van der Waals surface area contributed by atoms with E-state index in [4.69, 9.17) is 0 Å². The summed E-state index contributed by atoms with van der Waals surface area (Å²) in [6.45, 7) is 0. The minimum absolute atomic E-state index is 0.340. The maximum Gasteiger partial charge on any atom is 0.129 e. The monoisotopic (exact) mass is 576 g/mol. The normalized spacial score (nSPS) is 10.0. The van der Waals surface area contributed by atoms with Crippen LogP contribution in [0.2, 0.25) is 0 Å². The molecule has 0 saturated heterocycles. The SMILES string of the molecule is Ic1ccccc1-c1ccccc1.Oc1cccc(-c2ccccc2)c1I. The van der Waals surface area contributed by atoms with Crippen molar-refractivity contribution in [3.63, 3.8) is 0 Å². The zero-order chi connectivity index (χ0) is 19.1. The largest absolute Gasteiger partial charge is 0.507 e. The van der Waals surface area contributed by atoms with Gasteiger partial charge in [0.2, 0.25) is 0 Å². The molecule has 0 fully saturated rings. The van der Waals surface area contributed by atoms with Gasteiger partial charge in [-0.05, 0) is 79.6 Å². The van der Waals surface area contributed by atoms with Crippen molar-refractivity contribution in [2.24, 2.45) is 0 Å². The van der Waals surface area contributed by atoms with Crippen LogP contribution in [0.25, 0.3) is 22.3 Å². The van der Waals surface area contributed by atoms with Crippen LogP contribution in [0.15, 0.2) is 103 Å². The molecule has 0 amide bonds. The highest BCUT2D eigenvalue weighted by Crippen LogP contribution is 2.30. The molecule has 27 heavy (non-hydrogen) atoms. The van der Waals surface area contributed by atoms with Gasteiger partial charge in [-0.15, -0.1) is 0 Å². The average molecular weight is 576 g/mol. The first kappa shape index (κ1) is 19.9. The van der Waals surface area contributed by atoms with E-state index in [0.717, 1.165) is 14.7 Å². The first-order chi connectivity index (χ1) is 13.2. The zero-order valence-electron chi connectivity index (χ0n) is 14.5. The predicted molar refractivity (Wildman–Crippen MR) is 131 cm³/mol. The Bertz CT molecular complexity index is 999. The van der Waals surface area contributed by atoms with Gasteiger partial charge in [0.05, 0.1) is 3.57 Å². The quantitative estimate of drug-likeness (QED) is 0.244. The Hall–Kier alpha value is -1.86. The Morgan fingerprint density at radius 3 is 1.56 bits per heavy atom. The number of aromatic hydroxyl groups is 1. The molecular formula is C24H18I2O. The maximum atomic E-state index is 9.55. The molecule has 4 aromatic carbocycles. The minimum atomic E-state index is 0.340. The van der Waals surface area contributed by atoms with Crippen LogP contribution in [0.4, 0.5) is 0 Å². The van der Waals surface area contributed by atoms with Gasteiger partial charge in [0.15, 0.2) is 0 Å². The molecule has 134 valence electrons. The van der Waals surface area contributed by atoms with E-state index in [2.05, 4.69) is 93.7 Å². The van der Waals surface area contributed by atoms with E-state index in [0.29, 0.717) is 5.75 Å². The molecule has 0 heterocycles. The van der Waals surface area contributed by atoms with Crippen LogP contribution < -0.4 is 0 Å². The lowest BCUT2D eigenvalue weighted by Crippen LogP contribution is -1.82. The predicted octanol–water partition coefficient (Wildman–Crippen LogP) is 7.62. The van der Waals surface area contributed by atoms with E-state index < -0.39 is 0 Å². The van der Waals surface area contributed by atoms with E-state index in [-0.39, 0.29) is 0 Å². The molecule has 0 spiro atoms. The van der Waals surface area contributed by atoms with Crippen molar-refractivity contribution in [2.45, 2.75) is 0 Å². The topological polar surface area (TPSA) is 20.2 Å². The number of halogens is 2. The highest BCUT2D eigenvalue weighted by Gasteiger charge is 2.05. The number of hydrogen-bond donors (Lipinski definition) is 1. The average Bonchev–Trinajstić information content (AvgIpc) is 2.72. The van der Waals surface area contributed by atoms with Gasteiger partial charge in [-0.25, -0.2) is 0 Å². The lowest BCUT2D eigenvalue weighted by atomic mass is 10.1. The second-order valence-electron chi connectivity index (χ2n) is 5.85. The number of phenols is 1. The summed E-state index contributed by atoms with van der Waals surface area (Å²) in [5.74, 6) is 0.340. The highest BCUT2D eigenvalue weighted by atomic mass is 127. The summed E-state index contributed by atoms with van der Waals surface area (Å²) >= 11 is 4.52. The third-order valence-corrected chi connectivity index (χ3v) is 6.10. The van der Waals surface area contributed by atoms with E-state index >= 15 is 0 Å². The van der Waals surface area contributed by atoms with Crippen LogP contribution >= 0.6 is 45.2 Å². The fraction of sp³-hybridized carbons (Fsp3) is 0. The molecule has 0 bridgehead atoms. The first-order valence-electron chi connectivity index (χ1n) is 8.49. The summed E-state index contributed by atoms with van der Waals surface area (Å²) in [6, 6.07) is 34.5. The van der Waals surface area contributed by atoms with Crippen LogP contribution in [-0.2, 0) is 0 Å². The number of hydrogen-bond acceptors (Lipinski definition) is 1. The molecule has 1 N–H and O–H groups in total. The van der Waals surface area contributed by atoms with Crippen LogP contribution in [0.5, 0.6) is 5.75 Å². The van der Waals surface area contributed by atoms with Crippen LogP contribution in [-0.4, -0.2) is 5.11 Å². The van der Waals surface area contributed by atoms with Crippen molar-refractivity contribution in [3.8, 4) is 28.0 Å². The Morgan fingerprint density at radius 1 is 0.481 bits per heavy atom. The molecule has 0 unspecified atom stereocenters. The van der Waals surface area contributed by atoms with Gasteiger partial charge in [0, 0.05) is 3.57 Å². The summed E-state index contributed by atoms with van der Waals surface area (Å²) in [4.78, 5) is 0. The molecule has 0 atom stereocenters. The second kappa shape index (κ2) is 9.90. The Balaban J connectivity index is 0.000000156. The third-order valence-electron chi connectivity index (χ3n) is 4.02. The molecule has 4 rings (SSSR count). The van der Waals surface area contributed by atoms with Crippen molar-refractivity contribution in [3.05, 3.63) is 110 Å². The lowest BCUT2D eigenvalue weighted by molar-refractivity contribution is 0.472. The van der Waals surface area contributed by atoms with Gasteiger partial charge in [-0.3, -0.25) is 0 Å². The van der Waals surface area contributed by atoms with E-state index in [1.807, 2.05) is 48.5 Å². The molecule has 3 heteroatoms. The summed E-state index contributed by atoms with van der Waals surface area (Å²) in [6.07, 6.45) is 0. The smallest absolute Gasteiger partial charge is 0.129 e. The third kappa shape index (κ3) is 5.32. The first-order valence-corrected chi connectivity index (χ1v) is 10.7. The fourth-order valence-electron chi connectivity index (χ4n) is 2.67. The van der Waals surface area contributed by atoms with Crippen molar-refractivity contribution in [2.75, 3.05) is 0 Å². The van der Waals surface area contributed by atoms with E-state index in [1.54, 1.807) is 6.07 Å². The van der Waals surface area contributed by atoms with Crippen molar-refractivity contribution in [1.29, 1.82) is 0 Å². The van der Waals surface area contributed by atoms with Gasteiger partial charge >= 0.3 is 0 Å². The maximum absolute atomic E-state index is 9.55. The molecule has 0 aliphatic carbocycles. The molecule has 0 saturated carbocycles. The fourth-order valence-corrected chi connectivity index (χ4v) is 4.04. The summed E-state index contributed by atoms with van der Waals surface area (Å²) in [7, 11) is 0. The summed E-state index contributed by atoms with van der Waals surface area (Å²) in [5, 5.41) is 9.55. The Labute approximate surface area is 187 Å².